The second-order valence-electron chi connectivity index (χ2n) is 3.19. The summed E-state index contributed by atoms with van der Waals surface area (Å²) in [7, 11) is 0. The minimum atomic E-state index is -0.898. The third kappa shape index (κ3) is 4.56. The smallest absolute Gasteiger partial charge is 0.328 e. The van der Waals surface area contributed by atoms with Crippen LogP contribution in [-0.2, 0) is 4.79 Å². The maximum Gasteiger partial charge on any atom is 0.328 e. The number of hydrogen-bond acceptors (Lipinski definition) is 3. The molecule has 1 aromatic rings. The maximum absolute atomic E-state index is 10.4. The summed E-state index contributed by atoms with van der Waals surface area (Å²) in [6, 6.07) is 7.51. The van der Waals surface area contributed by atoms with Gasteiger partial charge in [0.15, 0.2) is 0 Å². The number of thioether (sulfide) groups is 1. The van der Waals surface area contributed by atoms with Crippen molar-refractivity contribution >= 4 is 23.4 Å². The van der Waals surface area contributed by atoms with Crippen molar-refractivity contribution in [3.8, 4) is 0 Å². The van der Waals surface area contributed by atoms with Gasteiger partial charge in [-0.05, 0) is 31.2 Å². The van der Waals surface area contributed by atoms with Gasteiger partial charge >= 0.3 is 5.97 Å². The molecule has 0 unspecified atom stereocenters. The Bertz CT molecular complexity index is 371. The molecule has 3 nitrogen and oxygen atoms in total. The van der Waals surface area contributed by atoms with E-state index in [-0.39, 0.29) is 0 Å². The van der Waals surface area contributed by atoms with E-state index < -0.39 is 5.97 Å². The molecule has 0 radical (unpaired) electrons. The van der Waals surface area contributed by atoms with Gasteiger partial charge in [0.2, 0.25) is 0 Å². The molecule has 0 bridgehead atoms. The topological polar surface area (TPSA) is 63.3 Å². The summed E-state index contributed by atoms with van der Waals surface area (Å²) in [5.41, 5.74) is 7.12. The first kappa shape index (κ1) is 11.7. The van der Waals surface area contributed by atoms with E-state index in [1.165, 1.54) is 6.08 Å². The quantitative estimate of drug-likeness (QED) is 0.467. The van der Waals surface area contributed by atoms with Crippen LogP contribution in [0.15, 0.2) is 40.8 Å². The molecule has 80 valence electrons. The normalized spacial score (nSPS) is 11.4. The number of rotatable bonds is 4. The van der Waals surface area contributed by atoms with Crippen LogP contribution in [0.1, 0.15) is 6.92 Å². The van der Waals surface area contributed by atoms with Crippen molar-refractivity contribution in [2.24, 2.45) is 0 Å². The van der Waals surface area contributed by atoms with Gasteiger partial charge in [-0.15, -0.1) is 11.8 Å². The highest BCUT2D eigenvalue weighted by atomic mass is 32.2. The van der Waals surface area contributed by atoms with E-state index in [0.717, 1.165) is 16.2 Å². The van der Waals surface area contributed by atoms with Gasteiger partial charge in [0.25, 0.3) is 0 Å². The molecule has 0 aliphatic heterocycles. The Labute approximate surface area is 93.0 Å². The van der Waals surface area contributed by atoms with E-state index in [2.05, 4.69) is 0 Å². The zero-order valence-corrected chi connectivity index (χ0v) is 9.25. The molecule has 0 heterocycles. The molecule has 0 aromatic heterocycles. The molecule has 0 saturated carbocycles. The minimum Gasteiger partial charge on any atom is -0.478 e. The molecular formula is C11H13NO2S. The van der Waals surface area contributed by atoms with E-state index in [1.807, 2.05) is 24.3 Å². The second kappa shape index (κ2) is 5.46. The summed E-state index contributed by atoms with van der Waals surface area (Å²) in [4.78, 5) is 11.4. The van der Waals surface area contributed by atoms with Gasteiger partial charge in [-0.2, -0.15) is 0 Å². The van der Waals surface area contributed by atoms with Crippen LogP contribution in [0.25, 0.3) is 0 Å². The fourth-order valence-corrected chi connectivity index (χ4v) is 1.82. The van der Waals surface area contributed by atoms with Crippen LogP contribution < -0.4 is 5.73 Å². The van der Waals surface area contributed by atoms with Gasteiger partial charge in [-0.1, -0.05) is 5.57 Å². The molecular weight excluding hydrogens is 210 g/mol. The van der Waals surface area contributed by atoms with Crippen molar-refractivity contribution < 1.29 is 9.90 Å². The largest absolute Gasteiger partial charge is 0.478 e. The van der Waals surface area contributed by atoms with Crippen molar-refractivity contribution in [1.29, 1.82) is 0 Å². The Hall–Kier alpha value is -1.42. The Morgan fingerprint density at radius 2 is 2.07 bits per heavy atom. The number of carboxylic acids is 1. The monoisotopic (exact) mass is 223 g/mol. The van der Waals surface area contributed by atoms with Crippen LogP contribution in [0.3, 0.4) is 0 Å². The Morgan fingerprint density at radius 1 is 1.47 bits per heavy atom. The Kier molecular flexibility index (Phi) is 4.24. The summed E-state index contributed by atoms with van der Waals surface area (Å²) in [6.07, 6.45) is 1.23. The zero-order chi connectivity index (χ0) is 11.3. The third-order valence-corrected chi connectivity index (χ3v) is 2.92. The van der Waals surface area contributed by atoms with Crippen LogP contribution in [0, 0.1) is 0 Å². The average Bonchev–Trinajstić information content (AvgIpc) is 2.16. The molecule has 0 fully saturated rings. The first-order valence-corrected chi connectivity index (χ1v) is 5.45. The lowest BCUT2D eigenvalue weighted by molar-refractivity contribution is -0.131. The Balaban J connectivity index is 2.50. The number of anilines is 1. The summed E-state index contributed by atoms with van der Waals surface area (Å²) in [5.74, 6) is -0.221. The lowest BCUT2D eigenvalue weighted by Gasteiger charge is -2.01. The predicted molar refractivity (Wildman–Crippen MR) is 63.0 cm³/mol. The van der Waals surface area contributed by atoms with Gasteiger partial charge in [0, 0.05) is 22.4 Å². The average molecular weight is 223 g/mol. The summed E-state index contributed by atoms with van der Waals surface area (Å²) >= 11 is 1.59. The van der Waals surface area contributed by atoms with Crippen molar-refractivity contribution in [1.82, 2.24) is 0 Å². The van der Waals surface area contributed by atoms with E-state index in [0.29, 0.717) is 5.75 Å². The first-order valence-electron chi connectivity index (χ1n) is 4.46. The molecule has 3 N–H and O–H groups in total. The Morgan fingerprint density at radius 3 is 2.60 bits per heavy atom. The molecule has 1 aromatic carbocycles. The fraction of sp³-hybridized carbons (Fsp3) is 0.182. The number of carbonyl (C=O) groups is 1. The highest BCUT2D eigenvalue weighted by molar-refractivity contribution is 7.99. The summed E-state index contributed by atoms with van der Waals surface area (Å²) in [6.45, 7) is 1.80. The van der Waals surface area contributed by atoms with Crippen molar-refractivity contribution in [2.75, 3.05) is 11.5 Å². The molecule has 0 spiro atoms. The van der Waals surface area contributed by atoms with Gasteiger partial charge in [0.05, 0.1) is 0 Å². The molecule has 0 aliphatic rings. The summed E-state index contributed by atoms with van der Waals surface area (Å²) in [5, 5.41) is 8.52. The minimum absolute atomic E-state index is 0.677. The number of aliphatic carboxylic acids is 1. The summed E-state index contributed by atoms with van der Waals surface area (Å²) < 4.78 is 0. The molecule has 0 aliphatic carbocycles. The highest BCUT2D eigenvalue weighted by Gasteiger charge is 1.97. The van der Waals surface area contributed by atoms with E-state index in [1.54, 1.807) is 18.7 Å². The first-order chi connectivity index (χ1) is 7.08. The number of benzene rings is 1. The SMILES string of the molecule is CC(=CC(=O)O)CSc1ccc(N)cc1. The molecule has 4 heteroatoms. The highest BCUT2D eigenvalue weighted by Crippen LogP contribution is 2.21. The molecule has 0 amide bonds. The van der Waals surface area contributed by atoms with Crippen molar-refractivity contribution in [3.05, 3.63) is 35.9 Å². The van der Waals surface area contributed by atoms with Crippen LogP contribution in [0.5, 0.6) is 0 Å². The van der Waals surface area contributed by atoms with E-state index >= 15 is 0 Å². The number of nitrogen functional groups attached to an aromatic ring is 1. The maximum atomic E-state index is 10.4. The predicted octanol–water partition coefficient (Wildman–Crippen LogP) is 2.39. The zero-order valence-electron chi connectivity index (χ0n) is 8.43. The molecule has 0 saturated heterocycles. The number of nitrogens with two attached hydrogens (primary N) is 1. The van der Waals surface area contributed by atoms with Crippen LogP contribution in [-0.4, -0.2) is 16.8 Å². The number of carboxylic acid groups (broad SMARTS) is 1. The lowest BCUT2D eigenvalue weighted by atomic mass is 10.3. The van der Waals surface area contributed by atoms with E-state index in [9.17, 15) is 4.79 Å². The standard InChI is InChI=1S/C11H13NO2S/c1-8(6-11(13)14)7-15-10-4-2-9(12)3-5-10/h2-6H,7,12H2,1H3,(H,13,14). The molecule has 0 atom stereocenters. The van der Waals surface area contributed by atoms with Gasteiger partial charge < -0.3 is 10.8 Å². The van der Waals surface area contributed by atoms with E-state index in [4.69, 9.17) is 10.8 Å². The second-order valence-corrected chi connectivity index (χ2v) is 4.24. The fourth-order valence-electron chi connectivity index (χ4n) is 1.01. The van der Waals surface area contributed by atoms with Crippen molar-refractivity contribution in [3.63, 3.8) is 0 Å². The van der Waals surface area contributed by atoms with Gasteiger partial charge in [-0.25, -0.2) is 4.79 Å². The molecule has 1 rings (SSSR count). The van der Waals surface area contributed by atoms with Crippen LogP contribution >= 0.6 is 11.8 Å². The third-order valence-electron chi connectivity index (χ3n) is 1.72. The van der Waals surface area contributed by atoms with Crippen LogP contribution in [0.4, 0.5) is 5.69 Å². The van der Waals surface area contributed by atoms with Crippen molar-refractivity contribution in [2.45, 2.75) is 11.8 Å². The number of hydrogen-bond donors (Lipinski definition) is 2. The van der Waals surface area contributed by atoms with Gasteiger partial charge in [0.1, 0.15) is 0 Å². The molecule has 15 heavy (non-hydrogen) atoms. The van der Waals surface area contributed by atoms with Gasteiger partial charge in [-0.3, -0.25) is 0 Å². The van der Waals surface area contributed by atoms with Crippen LogP contribution in [0.2, 0.25) is 0 Å². The lowest BCUT2D eigenvalue weighted by Crippen LogP contribution is -1.91.